The number of nitrogens with one attached hydrogen (secondary N) is 1. The number of rotatable bonds is 8. The van der Waals surface area contributed by atoms with Crippen molar-refractivity contribution in [2.75, 3.05) is 32.2 Å². The van der Waals surface area contributed by atoms with Crippen molar-refractivity contribution in [1.82, 2.24) is 0 Å². The summed E-state index contributed by atoms with van der Waals surface area (Å²) in [6.45, 7) is 4.63. The number of benzene rings is 1. The molecule has 1 aromatic carbocycles. The zero-order valence-electron chi connectivity index (χ0n) is 10.2. The first-order valence-corrected chi connectivity index (χ1v) is 5.82. The molecule has 3 heteroatoms. The Morgan fingerprint density at radius 3 is 2.50 bits per heavy atom. The number of ether oxygens (including phenoxy) is 2. The van der Waals surface area contributed by atoms with E-state index in [9.17, 15) is 0 Å². The summed E-state index contributed by atoms with van der Waals surface area (Å²) in [4.78, 5) is 0. The Balaban J connectivity index is 2.12. The third-order valence-corrected chi connectivity index (χ3v) is 2.31. The maximum atomic E-state index is 5.45. The maximum Gasteiger partial charge on any atom is 0.119 e. The first-order chi connectivity index (χ1) is 7.86. The number of anilines is 1. The summed E-state index contributed by atoms with van der Waals surface area (Å²) in [6, 6.07) is 7.90. The van der Waals surface area contributed by atoms with Crippen molar-refractivity contribution in [2.24, 2.45) is 0 Å². The van der Waals surface area contributed by atoms with E-state index in [1.54, 1.807) is 7.11 Å². The summed E-state index contributed by atoms with van der Waals surface area (Å²) in [7, 11) is 1.67. The molecule has 0 aromatic heterocycles. The lowest BCUT2D eigenvalue weighted by Gasteiger charge is -2.07. The molecule has 3 nitrogen and oxygen atoms in total. The monoisotopic (exact) mass is 223 g/mol. The molecular weight excluding hydrogens is 202 g/mol. The zero-order valence-corrected chi connectivity index (χ0v) is 10.2. The Kier molecular flexibility index (Phi) is 6.42. The summed E-state index contributed by atoms with van der Waals surface area (Å²) in [6.07, 6.45) is 2.33. The van der Waals surface area contributed by atoms with Gasteiger partial charge in [0.15, 0.2) is 0 Å². The average molecular weight is 223 g/mol. The first-order valence-electron chi connectivity index (χ1n) is 5.82. The van der Waals surface area contributed by atoms with Gasteiger partial charge in [0, 0.05) is 18.8 Å². The van der Waals surface area contributed by atoms with Gasteiger partial charge in [-0.2, -0.15) is 0 Å². The van der Waals surface area contributed by atoms with Gasteiger partial charge in [0.05, 0.1) is 13.7 Å². The van der Waals surface area contributed by atoms with Crippen LogP contribution in [0.3, 0.4) is 0 Å². The van der Waals surface area contributed by atoms with E-state index in [2.05, 4.69) is 12.2 Å². The highest BCUT2D eigenvalue weighted by Gasteiger charge is 1.93. The SMILES string of the molecule is CCCCOCCNc1ccc(OC)cc1. The van der Waals surface area contributed by atoms with Crippen LogP contribution < -0.4 is 10.1 Å². The number of hydrogen-bond donors (Lipinski definition) is 1. The standard InChI is InChI=1S/C13H21NO2/c1-3-4-10-16-11-9-14-12-5-7-13(15-2)8-6-12/h5-8,14H,3-4,9-11H2,1-2H3. The Morgan fingerprint density at radius 2 is 1.88 bits per heavy atom. The Labute approximate surface area is 97.8 Å². The molecule has 0 saturated heterocycles. The van der Waals surface area contributed by atoms with E-state index in [-0.39, 0.29) is 0 Å². The smallest absolute Gasteiger partial charge is 0.119 e. The molecule has 0 aliphatic carbocycles. The minimum Gasteiger partial charge on any atom is -0.497 e. The van der Waals surface area contributed by atoms with E-state index < -0.39 is 0 Å². The predicted octanol–water partition coefficient (Wildman–Crippen LogP) is 2.92. The lowest BCUT2D eigenvalue weighted by Crippen LogP contribution is -2.09. The number of hydrogen-bond acceptors (Lipinski definition) is 3. The second kappa shape index (κ2) is 7.99. The summed E-state index contributed by atoms with van der Waals surface area (Å²) in [5.41, 5.74) is 1.10. The third-order valence-electron chi connectivity index (χ3n) is 2.31. The van der Waals surface area contributed by atoms with Crippen LogP contribution in [-0.2, 0) is 4.74 Å². The molecule has 1 aromatic rings. The lowest BCUT2D eigenvalue weighted by atomic mass is 10.3. The van der Waals surface area contributed by atoms with E-state index in [1.807, 2.05) is 24.3 Å². The van der Waals surface area contributed by atoms with Crippen molar-refractivity contribution >= 4 is 5.69 Å². The van der Waals surface area contributed by atoms with Crippen LogP contribution in [0.5, 0.6) is 5.75 Å². The summed E-state index contributed by atoms with van der Waals surface area (Å²) in [5, 5.41) is 3.29. The van der Waals surface area contributed by atoms with Crippen LogP contribution in [0.15, 0.2) is 24.3 Å². The van der Waals surface area contributed by atoms with Gasteiger partial charge in [-0.15, -0.1) is 0 Å². The van der Waals surface area contributed by atoms with E-state index in [4.69, 9.17) is 9.47 Å². The molecule has 0 atom stereocenters. The second-order valence-electron chi connectivity index (χ2n) is 3.62. The molecule has 0 bridgehead atoms. The molecule has 0 unspecified atom stereocenters. The highest BCUT2D eigenvalue weighted by Crippen LogP contribution is 2.14. The largest absolute Gasteiger partial charge is 0.497 e. The van der Waals surface area contributed by atoms with Gasteiger partial charge in [-0.05, 0) is 30.7 Å². The molecule has 0 heterocycles. The quantitative estimate of drug-likeness (QED) is 0.687. The fourth-order valence-electron chi connectivity index (χ4n) is 1.32. The minimum atomic E-state index is 0.756. The lowest BCUT2D eigenvalue weighted by molar-refractivity contribution is 0.141. The Bertz CT molecular complexity index is 272. The Morgan fingerprint density at radius 1 is 1.12 bits per heavy atom. The van der Waals surface area contributed by atoms with Crippen molar-refractivity contribution in [3.8, 4) is 5.75 Å². The van der Waals surface area contributed by atoms with E-state index in [0.29, 0.717) is 0 Å². The van der Waals surface area contributed by atoms with Crippen LogP contribution in [0.1, 0.15) is 19.8 Å². The molecule has 0 saturated carbocycles. The van der Waals surface area contributed by atoms with Crippen LogP contribution in [0, 0.1) is 0 Å². The van der Waals surface area contributed by atoms with Gasteiger partial charge in [0.1, 0.15) is 5.75 Å². The minimum absolute atomic E-state index is 0.756. The normalized spacial score (nSPS) is 10.1. The summed E-state index contributed by atoms with van der Waals surface area (Å²) < 4.78 is 10.5. The molecule has 1 rings (SSSR count). The molecule has 0 amide bonds. The van der Waals surface area contributed by atoms with E-state index in [0.717, 1.165) is 37.6 Å². The van der Waals surface area contributed by atoms with Crippen molar-refractivity contribution < 1.29 is 9.47 Å². The molecule has 0 radical (unpaired) electrons. The molecule has 1 N–H and O–H groups in total. The molecular formula is C13H21NO2. The summed E-state index contributed by atoms with van der Waals surface area (Å²) in [5.74, 6) is 0.879. The molecule has 0 aliphatic heterocycles. The molecule has 90 valence electrons. The van der Waals surface area contributed by atoms with Gasteiger partial charge < -0.3 is 14.8 Å². The van der Waals surface area contributed by atoms with Crippen LogP contribution in [0.25, 0.3) is 0 Å². The number of methoxy groups -OCH3 is 1. The molecule has 0 fully saturated rings. The van der Waals surface area contributed by atoms with Crippen molar-refractivity contribution in [3.05, 3.63) is 24.3 Å². The van der Waals surface area contributed by atoms with Crippen molar-refractivity contribution in [2.45, 2.75) is 19.8 Å². The van der Waals surface area contributed by atoms with Crippen molar-refractivity contribution in [1.29, 1.82) is 0 Å². The molecule has 0 aliphatic rings. The average Bonchev–Trinajstić information content (AvgIpc) is 2.34. The fraction of sp³-hybridized carbons (Fsp3) is 0.538. The van der Waals surface area contributed by atoms with Crippen LogP contribution in [-0.4, -0.2) is 26.9 Å². The van der Waals surface area contributed by atoms with Crippen molar-refractivity contribution in [3.63, 3.8) is 0 Å². The number of unbranched alkanes of at least 4 members (excludes halogenated alkanes) is 1. The maximum absolute atomic E-state index is 5.45. The highest BCUT2D eigenvalue weighted by atomic mass is 16.5. The predicted molar refractivity (Wildman–Crippen MR) is 67.2 cm³/mol. The van der Waals surface area contributed by atoms with Crippen LogP contribution >= 0.6 is 0 Å². The van der Waals surface area contributed by atoms with Gasteiger partial charge in [-0.1, -0.05) is 13.3 Å². The first kappa shape index (κ1) is 12.8. The fourth-order valence-corrected chi connectivity index (χ4v) is 1.32. The third kappa shape index (κ3) is 5.03. The Hall–Kier alpha value is -1.22. The van der Waals surface area contributed by atoms with E-state index in [1.165, 1.54) is 6.42 Å². The molecule has 16 heavy (non-hydrogen) atoms. The topological polar surface area (TPSA) is 30.5 Å². The highest BCUT2D eigenvalue weighted by molar-refractivity contribution is 5.46. The van der Waals surface area contributed by atoms with Gasteiger partial charge >= 0.3 is 0 Å². The zero-order chi connectivity index (χ0) is 11.6. The summed E-state index contributed by atoms with van der Waals surface area (Å²) >= 11 is 0. The molecule has 0 spiro atoms. The second-order valence-corrected chi connectivity index (χ2v) is 3.62. The van der Waals surface area contributed by atoms with Crippen LogP contribution in [0.2, 0.25) is 0 Å². The van der Waals surface area contributed by atoms with Gasteiger partial charge in [0.25, 0.3) is 0 Å². The van der Waals surface area contributed by atoms with Crippen LogP contribution in [0.4, 0.5) is 5.69 Å². The van der Waals surface area contributed by atoms with E-state index >= 15 is 0 Å². The van der Waals surface area contributed by atoms with Gasteiger partial charge in [-0.3, -0.25) is 0 Å². The van der Waals surface area contributed by atoms with Gasteiger partial charge in [-0.25, -0.2) is 0 Å². The van der Waals surface area contributed by atoms with Gasteiger partial charge in [0.2, 0.25) is 0 Å².